The van der Waals surface area contributed by atoms with Crippen molar-refractivity contribution in [2.45, 2.75) is 19.9 Å². The molecule has 4 nitrogen and oxygen atoms in total. The molecule has 2 rings (SSSR count). The van der Waals surface area contributed by atoms with Crippen LogP contribution in [-0.4, -0.2) is 29.4 Å². The van der Waals surface area contributed by atoms with Crippen LogP contribution in [0.2, 0.25) is 0 Å². The Bertz CT molecular complexity index is 566. The third-order valence-electron chi connectivity index (χ3n) is 3.20. The van der Waals surface area contributed by atoms with E-state index < -0.39 is 0 Å². The van der Waals surface area contributed by atoms with Gasteiger partial charge in [0.1, 0.15) is 0 Å². The third-order valence-corrected chi connectivity index (χ3v) is 3.20. The molecule has 0 radical (unpaired) electrons. The Balaban J connectivity index is 1.98. The first-order valence-corrected chi connectivity index (χ1v) is 7.19. The van der Waals surface area contributed by atoms with Crippen LogP contribution in [0.5, 0.6) is 0 Å². The van der Waals surface area contributed by atoms with Crippen LogP contribution in [0.15, 0.2) is 48.8 Å². The van der Waals surface area contributed by atoms with E-state index >= 15 is 0 Å². The molecule has 0 unspecified atom stereocenters. The van der Waals surface area contributed by atoms with Gasteiger partial charge in [0.25, 0.3) is 5.91 Å². The van der Waals surface area contributed by atoms with Crippen LogP contribution in [0.4, 0.5) is 5.69 Å². The second kappa shape index (κ2) is 7.43. The van der Waals surface area contributed by atoms with Crippen LogP contribution in [0.3, 0.4) is 0 Å². The molecule has 1 heterocycles. The van der Waals surface area contributed by atoms with E-state index in [0.717, 1.165) is 24.2 Å². The van der Waals surface area contributed by atoms with E-state index in [9.17, 15) is 4.79 Å². The van der Waals surface area contributed by atoms with Gasteiger partial charge in [0.15, 0.2) is 0 Å². The zero-order valence-corrected chi connectivity index (χ0v) is 12.5. The Morgan fingerprint density at radius 3 is 2.62 bits per heavy atom. The summed E-state index contributed by atoms with van der Waals surface area (Å²) in [7, 11) is 1.80. The van der Waals surface area contributed by atoms with Crippen LogP contribution in [0, 0.1) is 0 Å². The zero-order valence-electron chi connectivity index (χ0n) is 12.5. The van der Waals surface area contributed by atoms with Crippen molar-refractivity contribution in [3.05, 3.63) is 59.9 Å². The Labute approximate surface area is 125 Å². The number of pyridine rings is 1. The number of anilines is 1. The highest BCUT2D eigenvalue weighted by Gasteiger charge is 2.11. The van der Waals surface area contributed by atoms with E-state index in [2.05, 4.69) is 17.2 Å². The second-order valence-electron chi connectivity index (χ2n) is 5.03. The van der Waals surface area contributed by atoms with Gasteiger partial charge in [0.05, 0.1) is 0 Å². The van der Waals surface area contributed by atoms with Crippen molar-refractivity contribution in [2.75, 3.05) is 18.9 Å². The van der Waals surface area contributed by atoms with E-state index in [1.54, 1.807) is 24.3 Å². The summed E-state index contributed by atoms with van der Waals surface area (Å²) < 4.78 is 0. The first kappa shape index (κ1) is 15.0. The molecular weight excluding hydrogens is 262 g/mol. The number of carbonyl (C=O) groups excluding carboxylic acids is 1. The zero-order chi connectivity index (χ0) is 15.1. The first-order chi connectivity index (χ1) is 10.2. The highest BCUT2D eigenvalue weighted by Crippen LogP contribution is 2.12. The minimum atomic E-state index is 0.0147. The van der Waals surface area contributed by atoms with E-state index in [1.807, 2.05) is 36.4 Å². The molecule has 0 saturated carbocycles. The largest absolute Gasteiger partial charge is 0.385 e. The monoisotopic (exact) mass is 283 g/mol. The second-order valence-corrected chi connectivity index (χ2v) is 5.03. The molecule has 1 aromatic heterocycles. The van der Waals surface area contributed by atoms with Gasteiger partial charge in [-0.3, -0.25) is 9.78 Å². The molecule has 1 aromatic carbocycles. The van der Waals surface area contributed by atoms with Crippen molar-refractivity contribution >= 4 is 11.6 Å². The minimum absolute atomic E-state index is 0.0147. The number of nitrogens with zero attached hydrogens (tertiary/aromatic N) is 2. The molecule has 110 valence electrons. The molecule has 0 atom stereocenters. The predicted molar refractivity (Wildman–Crippen MR) is 85.3 cm³/mol. The van der Waals surface area contributed by atoms with Crippen LogP contribution in [0.1, 0.15) is 29.3 Å². The SMILES string of the molecule is CCCNc1ccc(C(=O)N(C)Cc2cccnc2)cc1. The summed E-state index contributed by atoms with van der Waals surface area (Å²) in [5.74, 6) is 0.0147. The first-order valence-electron chi connectivity index (χ1n) is 7.19. The number of rotatable bonds is 6. The van der Waals surface area contributed by atoms with Crippen molar-refractivity contribution in [1.82, 2.24) is 9.88 Å². The minimum Gasteiger partial charge on any atom is -0.385 e. The van der Waals surface area contributed by atoms with Gasteiger partial charge in [-0.05, 0) is 42.3 Å². The van der Waals surface area contributed by atoms with Crippen molar-refractivity contribution in [3.63, 3.8) is 0 Å². The molecule has 1 amide bonds. The number of hydrogen-bond donors (Lipinski definition) is 1. The molecular formula is C17H21N3O. The van der Waals surface area contributed by atoms with E-state index in [4.69, 9.17) is 0 Å². The lowest BCUT2D eigenvalue weighted by atomic mass is 10.1. The molecule has 0 bridgehead atoms. The lowest BCUT2D eigenvalue weighted by Crippen LogP contribution is -2.26. The molecule has 21 heavy (non-hydrogen) atoms. The summed E-state index contributed by atoms with van der Waals surface area (Å²) in [5, 5.41) is 3.30. The molecule has 0 saturated heterocycles. The van der Waals surface area contributed by atoms with Gasteiger partial charge in [-0.15, -0.1) is 0 Å². The standard InChI is InChI=1S/C17H21N3O/c1-3-10-19-16-8-6-15(7-9-16)17(21)20(2)13-14-5-4-11-18-12-14/h4-9,11-12,19H,3,10,13H2,1-2H3. The average Bonchev–Trinajstić information content (AvgIpc) is 2.53. The van der Waals surface area contributed by atoms with Gasteiger partial charge >= 0.3 is 0 Å². The van der Waals surface area contributed by atoms with Gasteiger partial charge in [-0.1, -0.05) is 13.0 Å². The fourth-order valence-electron chi connectivity index (χ4n) is 2.06. The topological polar surface area (TPSA) is 45.2 Å². The van der Waals surface area contributed by atoms with Crippen molar-refractivity contribution in [1.29, 1.82) is 0 Å². The fraction of sp³-hybridized carbons (Fsp3) is 0.294. The third kappa shape index (κ3) is 4.31. The van der Waals surface area contributed by atoms with Crippen molar-refractivity contribution in [2.24, 2.45) is 0 Å². The Kier molecular flexibility index (Phi) is 5.32. The molecule has 0 aliphatic carbocycles. The fourth-order valence-corrected chi connectivity index (χ4v) is 2.06. The summed E-state index contributed by atoms with van der Waals surface area (Å²) in [5.41, 5.74) is 2.77. The molecule has 0 aliphatic rings. The summed E-state index contributed by atoms with van der Waals surface area (Å²) in [6.45, 7) is 3.62. The smallest absolute Gasteiger partial charge is 0.253 e. The summed E-state index contributed by atoms with van der Waals surface area (Å²) in [6, 6.07) is 11.5. The number of hydrogen-bond acceptors (Lipinski definition) is 3. The van der Waals surface area contributed by atoms with Crippen LogP contribution in [0.25, 0.3) is 0 Å². The Morgan fingerprint density at radius 2 is 2.00 bits per heavy atom. The summed E-state index contributed by atoms with van der Waals surface area (Å²) in [4.78, 5) is 18.1. The van der Waals surface area contributed by atoms with Gasteiger partial charge in [-0.25, -0.2) is 0 Å². The van der Waals surface area contributed by atoms with Gasteiger partial charge in [0, 0.05) is 43.8 Å². The van der Waals surface area contributed by atoms with Crippen LogP contribution < -0.4 is 5.32 Å². The van der Waals surface area contributed by atoms with E-state index in [1.165, 1.54) is 0 Å². The number of aromatic nitrogens is 1. The van der Waals surface area contributed by atoms with Crippen molar-refractivity contribution < 1.29 is 4.79 Å². The van der Waals surface area contributed by atoms with Gasteiger partial charge in [0.2, 0.25) is 0 Å². The average molecular weight is 283 g/mol. The molecule has 0 fully saturated rings. The lowest BCUT2D eigenvalue weighted by molar-refractivity contribution is 0.0785. The normalized spacial score (nSPS) is 10.2. The molecule has 1 N–H and O–H groups in total. The van der Waals surface area contributed by atoms with E-state index in [-0.39, 0.29) is 5.91 Å². The number of amides is 1. The van der Waals surface area contributed by atoms with Gasteiger partial charge < -0.3 is 10.2 Å². The summed E-state index contributed by atoms with van der Waals surface area (Å²) in [6.07, 6.45) is 4.59. The number of nitrogens with one attached hydrogen (secondary N) is 1. The molecule has 0 spiro atoms. The molecule has 4 heteroatoms. The maximum atomic E-state index is 12.4. The lowest BCUT2D eigenvalue weighted by Gasteiger charge is -2.17. The number of carbonyl (C=O) groups is 1. The highest BCUT2D eigenvalue weighted by atomic mass is 16.2. The highest BCUT2D eigenvalue weighted by molar-refractivity contribution is 5.94. The quantitative estimate of drug-likeness (QED) is 0.885. The maximum absolute atomic E-state index is 12.4. The van der Waals surface area contributed by atoms with Crippen molar-refractivity contribution in [3.8, 4) is 0 Å². The van der Waals surface area contributed by atoms with Crippen LogP contribution in [-0.2, 0) is 6.54 Å². The Hall–Kier alpha value is -2.36. The Morgan fingerprint density at radius 1 is 1.24 bits per heavy atom. The molecule has 0 aliphatic heterocycles. The predicted octanol–water partition coefficient (Wildman–Crippen LogP) is 3.18. The van der Waals surface area contributed by atoms with Gasteiger partial charge in [-0.2, -0.15) is 0 Å². The van der Waals surface area contributed by atoms with Crippen LogP contribution >= 0.6 is 0 Å². The number of benzene rings is 1. The molecule has 2 aromatic rings. The summed E-state index contributed by atoms with van der Waals surface area (Å²) >= 11 is 0. The van der Waals surface area contributed by atoms with E-state index in [0.29, 0.717) is 12.1 Å². The maximum Gasteiger partial charge on any atom is 0.253 e.